The molecule has 0 aliphatic heterocycles. The molecule has 8 nitrogen and oxygen atoms in total. The zero-order chi connectivity index (χ0) is 13.1. The Morgan fingerprint density at radius 1 is 0.667 bits per heavy atom. The molecule has 0 saturated carbocycles. The van der Waals surface area contributed by atoms with Crippen LogP contribution in [0.2, 0.25) is 0 Å². The standard InChI is InChI=1S/2C4H7NO3.2Na/c2*5-3(6)1-2-4(7)8;;/h2*1-2H2,(H2,5,6)(H,7,8);;/q;;2*+1/p-2. The van der Waals surface area contributed by atoms with Crippen LogP contribution in [0, 0.1) is 0 Å². The molecule has 0 aromatic rings. The number of rotatable bonds is 6. The Hall–Kier alpha value is -0.120. The van der Waals surface area contributed by atoms with Crippen molar-refractivity contribution in [2.75, 3.05) is 0 Å². The van der Waals surface area contributed by atoms with Crippen molar-refractivity contribution >= 4 is 23.8 Å². The second-order valence-electron chi connectivity index (χ2n) is 2.68. The molecule has 0 aromatic heterocycles. The van der Waals surface area contributed by atoms with Gasteiger partial charge in [-0.2, -0.15) is 0 Å². The molecular weight excluding hydrogens is 266 g/mol. The molecule has 18 heavy (non-hydrogen) atoms. The number of primary amides is 2. The summed E-state index contributed by atoms with van der Waals surface area (Å²) in [7, 11) is 0. The van der Waals surface area contributed by atoms with E-state index in [-0.39, 0.29) is 84.8 Å². The molecule has 92 valence electrons. The summed E-state index contributed by atoms with van der Waals surface area (Å²) >= 11 is 0. The van der Waals surface area contributed by atoms with Crippen LogP contribution in [0.5, 0.6) is 0 Å². The quantitative estimate of drug-likeness (QED) is 0.457. The maximum Gasteiger partial charge on any atom is 1.00 e. The van der Waals surface area contributed by atoms with Gasteiger partial charge in [-0.1, -0.05) is 0 Å². The minimum Gasteiger partial charge on any atom is -0.550 e. The average molecular weight is 278 g/mol. The Morgan fingerprint density at radius 2 is 0.889 bits per heavy atom. The monoisotopic (exact) mass is 278 g/mol. The minimum atomic E-state index is -1.25. The maximum atomic E-state index is 9.83. The van der Waals surface area contributed by atoms with Crippen LogP contribution in [-0.2, 0) is 19.2 Å². The van der Waals surface area contributed by atoms with Gasteiger partial charge in [-0.3, -0.25) is 9.59 Å². The van der Waals surface area contributed by atoms with E-state index in [1.54, 1.807) is 0 Å². The molecule has 0 saturated heterocycles. The predicted octanol–water partition coefficient (Wildman–Crippen LogP) is -9.99. The first-order chi connectivity index (χ1) is 7.25. The molecule has 0 atom stereocenters. The van der Waals surface area contributed by atoms with Crippen LogP contribution in [0.3, 0.4) is 0 Å². The van der Waals surface area contributed by atoms with Crippen molar-refractivity contribution in [2.45, 2.75) is 25.7 Å². The normalized spacial score (nSPS) is 7.56. The topological polar surface area (TPSA) is 166 Å². The van der Waals surface area contributed by atoms with Crippen LogP contribution in [0.4, 0.5) is 0 Å². The van der Waals surface area contributed by atoms with E-state index in [1.165, 1.54) is 0 Å². The number of carbonyl (C=O) groups is 4. The van der Waals surface area contributed by atoms with Crippen LogP contribution >= 0.6 is 0 Å². The van der Waals surface area contributed by atoms with E-state index < -0.39 is 23.8 Å². The van der Waals surface area contributed by atoms with Crippen molar-refractivity contribution < 1.29 is 88.5 Å². The van der Waals surface area contributed by atoms with E-state index in [4.69, 9.17) is 0 Å². The fourth-order valence-electron chi connectivity index (χ4n) is 0.451. The first kappa shape index (κ1) is 26.4. The van der Waals surface area contributed by atoms with Crippen molar-refractivity contribution in [3.8, 4) is 0 Å². The molecule has 0 aliphatic rings. The van der Waals surface area contributed by atoms with Gasteiger partial charge < -0.3 is 31.3 Å². The van der Waals surface area contributed by atoms with Crippen molar-refractivity contribution in [1.82, 2.24) is 0 Å². The van der Waals surface area contributed by atoms with Gasteiger partial charge in [0.05, 0.1) is 0 Å². The number of hydrogen-bond acceptors (Lipinski definition) is 6. The fourth-order valence-corrected chi connectivity index (χ4v) is 0.451. The number of carboxylic acids is 2. The average Bonchev–Trinajstić information content (AvgIpc) is 2.12. The van der Waals surface area contributed by atoms with E-state index in [2.05, 4.69) is 11.5 Å². The van der Waals surface area contributed by atoms with Gasteiger partial charge in [-0.25, -0.2) is 0 Å². The number of nitrogens with two attached hydrogens (primary N) is 2. The van der Waals surface area contributed by atoms with Gasteiger partial charge >= 0.3 is 59.1 Å². The summed E-state index contributed by atoms with van der Waals surface area (Å²) in [6.07, 6.45) is -0.838. The molecule has 0 bridgehead atoms. The third-order valence-electron chi connectivity index (χ3n) is 1.15. The van der Waals surface area contributed by atoms with Crippen molar-refractivity contribution in [3.63, 3.8) is 0 Å². The Labute approximate surface area is 148 Å². The Morgan fingerprint density at radius 3 is 0.944 bits per heavy atom. The molecule has 0 spiro atoms. The van der Waals surface area contributed by atoms with Gasteiger partial charge in [-0.05, 0) is 12.8 Å². The van der Waals surface area contributed by atoms with Gasteiger partial charge in [0, 0.05) is 24.8 Å². The van der Waals surface area contributed by atoms with Crippen molar-refractivity contribution in [3.05, 3.63) is 0 Å². The van der Waals surface area contributed by atoms with E-state index >= 15 is 0 Å². The molecular formula is C8H12N2Na2O6. The number of hydrogen-bond donors (Lipinski definition) is 2. The molecule has 0 radical (unpaired) electrons. The SMILES string of the molecule is NC(=O)CCC(=O)[O-].NC(=O)CCC(=O)[O-].[Na+].[Na+]. The molecule has 4 N–H and O–H groups in total. The summed E-state index contributed by atoms with van der Waals surface area (Å²) in [5, 5.41) is 19.2. The van der Waals surface area contributed by atoms with Crippen molar-refractivity contribution in [2.24, 2.45) is 11.5 Å². The molecule has 0 rings (SSSR count). The summed E-state index contributed by atoms with van der Waals surface area (Å²) in [6.45, 7) is 0. The summed E-state index contributed by atoms with van der Waals surface area (Å²) in [5.74, 6) is -3.73. The summed E-state index contributed by atoms with van der Waals surface area (Å²) in [5.41, 5.74) is 9.22. The minimum absolute atomic E-state index is 0. The zero-order valence-electron chi connectivity index (χ0n) is 10.4. The van der Waals surface area contributed by atoms with Crippen LogP contribution < -0.4 is 80.8 Å². The van der Waals surface area contributed by atoms with Gasteiger partial charge in [0.25, 0.3) is 0 Å². The molecule has 0 aromatic carbocycles. The van der Waals surface area contributed by atoms with Crippen LogP contribution in [0.1, 0.15) is 25.7 Å². The maximum absolute atomic E-state index is 9.83. The number of aliphatic carboxylic acids is 2. The Kier molecular flexibility index (Phi) is 24.8. The number of carbonyl (C=O) groups excluding carboxylic acids is 4. The van der Waals surface area contributed by atoms with Gasteiger partial charge in [0.1, 0.15) is 0 Å². The van der Waals surface area contributed by atoms with Gasteiger partial charge in [-0.15, -0.1) is 0 Å². The van der Waals surface area contributed by atoms with E-state index in [0.717, 1.165) is 0 Å². The third kappa shape index (κ3) is 36.0. The molecule has 0 unspecified atom stereocenters. The second-order valence-corrected chi connectivity index (χ2v) is 2.68. The first-order valence-electron chi connectivity index (χ1n) is 4.22. The van der Waals surface area contributed by atoms with Crippen molar-refractivity contribution in [1.29, 1.82) is 0 Å². The number of carboxylic acid groups (broad SMARTS) is 2. The summed E-state index contributed by atoms with van der Waals surface area (Å²) in [6, 6.07) is 0. The van der Waals surface area contributed by atoms with Gasteiger partial charge in [0.2, 0.25) is 11.8 Å². The molecule has 10 heteroatoms. The predicted molar refractivity (Wildman–Crippen MR) is 46.9 cm³/mol. The largest absolute Gasteiger partial charge is 1.00 e. The molecule has 2 amide bonds. The van der Waals surface area contributed by atoms with Crippen LogP contribution in [0.15, 0.2) is 0 Å². The van der Waals surface area contributed by atoms with E-state index in [9.17, 15) is 29.4 Å². The van der Waals surface area contributed by atoms with Crippen LogP contribution in [0.25, 0.3) is 0 Å². The second kappa shape index (κ2) is 16.9. The first-order valence-corrected chi connectivity index (χ1v) is 4.22. The fraction of sp³-hybridized carbons (Fsp3) is 0.500. The zero-order valence-corrected chi connectivity index (χ0v) is 14.4. The molecule has 0 fully saturated rings. The molecule has 0 heterocycles. The van der Waals surface area contributed by atoms with E-state index in [1.807, 2.05) is 0 Å². The Balaban J connectivity index is -0.0000000980. The van der Waals surface area contributed by atoms with Crippen LogP contribution in [-0.4, -0.2) is 23.8 Å². The molecule has 0 aliphatic carbocycles. The smallest absolute Gasteiger partial charge is 0.550 e. The van der Waals surface area contributed by atoms with E-state index in [0.29, 0.717) is 0 Å². The summed E-state index contributed by atoms with van der Waals surface area (Å²) < 4.78 is 0. The Bertz CT molecular complexity index is 229. The number of amides is 2. The summed E-state index contributed by atoms with van der Waals surface area (Å²) in [4.78, 5) is 38.8. The third-order valence-corrected chi connectivity index (χ3v) is 1.15. The van der Waals surface area contributed by atoms with Gasteiger partial charge in [0.15, 0.2) is 0 Å².